The van der Waals surface area contributed by atoms with Crippen LogP contribution in [-0.4, -0.2) is 38.2 Å². The first-order valence-electron chi connectivity index (χ1n) is 1.04. The van der Waals surface area contributed by atoms with E-state index in [9.17, 15) is 0 Å². The van der Waals surface area contributed by atoms with E-state index in [0.29, 0.717) is 0 Å². The second-order valence-electron chi connectivity index (χ2n) is 0.470. The fourth-order valence-electron chi connectivity index (χ4n) is 0. The predicted octanol–water partition coefficient (Wildman–Crippen LogP) is -1.42. The van der Waals surface area contributed by atoms with Gasteiger partial charge in [-0.3, -0.25) is 0 Å². The summed E-state index contributed by atoms with van der Waals surface area (Å²) >= 11 is 0. The molecule has 0 atom stereocenters. The number of hydrogen-bond donors (Lipinski definition) is 1. The van der Waals surface area contributed by atoms with Gasteiger partial charge < -0.3 is 9.76 Å². The Balaban J connectivity index is 0. The van der Waals surface area contributed by atoms with E-state index in [1.807, 2.05) is 0 Å². The van der Waals surface area contributed by atoms with Crippen LogP contribution >= 0.6 is 0 Å². The van der Waals surface area contributed by atoms with Crippen LogP contribution in [0.25, 0.3) is 0 Å². The second kappa shape index (κ2) is 4.93. The summed E-state index contributed by atoms with van der Waals surface area (Å²) in [6.45, 7) is 0. The Hall–Kier alpha value is -0.0677. The average molecular weight is 81.8 g/mol. The molecule has 5 heteroatoms. The first-order valence-corrected chi connectivity index (χ1v) is 1.04. The summed E-state index contributed by atoms with van der Waals surface area (Å²) in [5.74, 6) is 0. The summed E-state index contributed by atoms with van der Waals surface area (Å²) in [7, 11) is 1.10. The molecule has 6 heavy (non-hydrogen) atoms. The monoisotopic (exact) mass is 82.0 g/mol. The maximum absolute atomic E-state index is 9.15. The summed E-state index contributed by atoms with van der Waals surface area (Å²) in [5, 5.41) is 7.50. The van der Waals surface area contributed by atoms with Crippen LogP contribution in [0.2, 0.25) is 0 Å². The molecule has 30 valence electrons. The van der Waals surface area contributed by atoms with Crippen LogP contribution in [0, 0.1) is 0 Å². The van der Waals surface area contributed by atoms with Gasteiger partial charge in [0.05, 0.1) is 0 Å². The van der Waals surface area contributed by atoms with E-state index in [0.717, 1.165) is 8.05 Å². The topological polar surface area (TPSA) is 46.5 Å². The quantitative estimate of drug-likeness (QED) is 0.364. The summed E-state index contributed by atoms with van der Waals surface area (Å²) < 4.78 is 3.67. The maximum atomic E-state index is 9.15. The SMILES string of the molecule is BOC(=O)O.[LiH]. The van der Waals surface area contributed by atoms with Gasteiger partial charge >= 0.3 is 33.1 Å². The average Bonchev–Trinajstić information content (AvgIpc) is 1.38. The van der Waals surface area contributed by atoms with Gasteiger partial charge in [-0.25, -0.2) is 4.79 Å². The van der Waals surface area contributed by atoms with Gasteiger partial charge in [-0.15, -0.1) is 0 Å². The van der Waals surface area contributed by atoms with Gasteiger partial charge in [0.2, 0.25) is 0 Å². The van der Waals surface area contributed by atoms with Crippen LogP contribution in [0.15, 0.2) is 0 Å². The Kier molecular flexibility index (Phi) is 7.67. The molecule has 0 fully saturated rings. The van der Waals surface area contributed by atoms with Crippen molar-refractivity contribution >= 4 is 33.1 Å². The van der Waals surface area contributed by atoms with Gasteiger partial charge in [0.15, 0.2) is 0 Å². The van der Waals surface area contributed by atoms with Crippen molar-refractivity contribution in [2.24, 2.45) is 0 Å². The molecule has 0 saturated heterocycles. The summed E-state index contributed by atoms with van der Waals surface area (Å²) in [4.78, 5) is 9.15. The van der Waals surface area contributed by atoms with Gasteiger partial charge in [-0.1, -0.05) is 0 Å². The van der Waals surface area contributed by atoms with Gasteiger partial charge in [-0.2, -0.15) is 0 Å². The Morgan fingerprint density at radius 2 is 2.00 bits per heavy atom. The predicted molar refractivity (Wildman–Crippen MR) is 24.8 cm³/mol. The first kappa shape index (κ1) is 9.33. The van der Waals surface area contributed by atoms with E-state index >= 15 is 0 Å². The Bertz CT molecular complexity index is 46.1. The molecule has 1 N–H and O–H groups in total. The number of carbonyl (C=O) groups is 1. The minimum absolute atomic E-state index is 0. The molecule has 0 amide bonds. The molecule has 0 aliphatic heterocycles. The Labute approximate surface area is 48.3 Å². The Morgan fingerprint density at radius 1 is 1.83 bits per heavy atom. The summed E-state index contributed by atoms with van der Waals surface area (Å²) in [5.41, 5.74) is 0. The second-order valence-corrected chi connectivity index (χ2v) is 0.470. The third kappa shape index (κ3) is 9.06. The molecule has 0 rings (SSSR count). The van der Waals surface area contributed by atoms with Gasteiger partial charge in [0, 0.05) is 0 Å². The van der Waals surface area contributed by atoms with E-state index in [2.05, 4.69) is 4.65 Å². The van der Waals surface area contributed by atoms with Crippen molar-refractivity contribution in [1.82, 2.24) is 0 Å². The fraction of sp³-hybridized carbons (Fsp3) is 0. The summed E-state index contributed by atoms with van der Waals surface area (Å²) in [6.07, 6.45) is -1.25. The van der Waals surface area contributed by atoms with E-state index in [4.69, 9.17) is 9.90 Å². The van der Waals surface area contributed by atoms with Crippen molar-refractivity contribution in [3.05, 3.63) is 0 Å². The van der Waals surface area contributed by atoms with Crippen molar-refractivity contribution in [2.45, 2.75) is 0 Å². The molecule has 0 aliphatic carbocycles. The molecule has 0 spiro atoms. The zero-order valence-electron chi connectivity index (χ0n) is 2.76. The molecular formula is CH4BLiO3. The molecule has 0 saturated carbocycles. The first-order chi connectivity index (χ1) is 2.27. The molecule has 0 unspecified atom stereocenters. The van der Waals surface area contributed by atoms with E-state index in [-0.39, 0.29) is 18.9 Å². The molecule has 0 aliphatic rings. The van der Waals surface area contributed by atoms with Crippen LogP contribution in [0.3, 0.4) is 0 Å². The van der Waals surface area contributed by atoms with Crippen LogP contribution in [0.4, 0.5) is 4.79 Å². The fourth-order valence-corrected chi connectivity index (χ4v) is 0. The zero-order valence-corrected chi connectivity index (χ0v) is 2.76. The molecular weight excluding hydrogens is 77.8 g/mol. The number of hydrogen-bond acceptors (Lipinski definition) is 2. The number of carboxylic acid groups (broad SMARTS) is 1. The molecule has 0 bridgehead atoms. The summed E-state index contributed by atoms with van der Waals surface area (Å²) in [6, 6.07) is 0. The zero-order chi connectivity index (χ0) is 4.28. The standard InChI is InChI=1S/CH3BO3.Li.H/c2-5-1(3)4;;/h2H2,(H,3,4);;. The minimum atomic E-state index is -1.25. The molecule has 0 aromatic carbocycles. The molecule has 0 radical (unpaired) electrons. The van der Waals surface area contributed by atoms with Crippen molar-refractivity contribution in [1.29, 1.82) is 0 Å². The van der Waals surface area contributed by atoms with Crippen LogP contribution < -0.4 is 0 Å². The third-order valence-corrected chi connectivity index (χ3v) is 0.175. The van der Waals surface area contributed by atoms with Crippen LogP contribution in [-0.2, 0) is 4.65 Å². The van der Waals surface area contributed by atoms with Crippen LogP contribution in [0.5, 0.6) is 0 Å². The van der Waals surface area contributed by atoms with Crippen molar-refractivity contribution in [2.75, 3.05) is 0 Å². The van der Waals surface area contributed by atoms with Gasteiger partial charge in [0.1, 0.15) is 0 Å². The molecule has 3 nitrogen and oxygen atoms in total. The van der Waals surface area contributed by atoms with Crippen molar-refractivity contribution in [3.8, 4) is 0 Å². The molecule has 0 aromatic heterocycles. The van der Waals surface area contributed by atoms with E-state index in [1.165, 1.54) is 0 Å². The van der Waals surface area contributed by atoms with Crippen molar-refractivity contribution < 1.29 is 14.6 Å². The van der Waals surface area contributed by atoms with Crippen LogP contribution in [0.1, 0.15) is 0 Å². The molecule has 0 heterocycles. The molecule has 0 aromatic rings. The van der Waals surface area contributed by atoms with E-state index < -0.39 is 6.16 Å². The third-order valence-electron chi connectivity index (χ3n) is 0.175. The Morgan fingerprint density at radius 3 is 2.00 bits per heavy atom. The van der Waals surface area contributed by atoms with E-state index in [1.54, 1.807) is 0 Å². The van der Waals surface area contributed by atoms with Gasteiger partial charge in [0.25, 0.3) is 0 Å². The van der Waals surface area contributed by atoms with Gasteiger partial charge in [-0.05, 0) is 0 Å². The number of rotatable bonds is 0. The van der Waals surface area contributed by atoms with Crippen molar-refractivity contribution in [3.63, 3.8) is 0 Å². The normalized spacial score (nSPS) is 5.33.